The van der Waals surface area contributed by atoms with Crippen LogP contribution in [0.4, 0.5) is 0 Å². The molecule has 3 amide bonds. The number of hydrogen-bond acceptors (Lipinski definition) is 6. The molecular weight excluding hydrogens is 452 g/mol. The van der Waals surface area contributed by atoms with Gasteiger partial charge in [-0.3, -0.25) is 19.4 Å². The summed E-state index contributed by atoms with van der Waals surface area (Å²) in [7, 11) is 0. The molecule has 0 bridgehead atoms. The van der Waals surface area contributed by atoms with Crippen molar-refractivity contribution in [3.05, 3.63) is 52.5 Å². The molecule has 2 aromatic heterocycles. The van der Waals surface area contributed by atoms with Crippen LogP contribution in [0.1, 0.15) is 66.2 Å². The molecule has 9 heteroatoms. The van der Waals surface area contributed by atoms with E-state index in [1.165, 1.54) is 17.8 Å². The fourth-order valence-electron chi connectivity index (χ4n) is 4.65. The predicted molar refractivity (Wildman–Crippen MR) is 129 cm³/mol. The van der Waals surface area contributed by atoms with E-state index in [1.807, 2.05) is 11.4 Å². The molecule has 8 nitrogen and oxygen atoms in total. The van der Waals surface area contributed by atoms with Gasteiger partial charge in [0.1, 0.15) is 6.04 Å². The van der Waals surface area contributed by atoms with Crippen LogP contribution in [0.3, 0.4) is 0 Å². The maximum Gasteiger partial charge on any atom is 0.261 e. The minimum absolute atomic E-state index is 0.110. The minimum atomic E-state index is -0.842. The van der Waals surface area contributed by atoms with Crippen LogP contribution in [0.2, 0.25) is 0 Å². The van der Waals surface area contributed by atoms with E-state index < -0.39 is 6.04 Å². The Bertz CT molecular complexity index is 941. The second kappa shape index (κ2) is 12.1. The first-order valence-corrected chi connectivity index (χ1v) is 12.9. The van der Waals surface area contributed by atoms with Gasteiger partial charge in [-0.1, -0.05) is 31.4 Å². The van der Waals surface area contributed by atoms with Crippen LogP contribution < -0.4 is 10.6 Å². The third-order valence-corrected chi connectivity index (χ3v) is 7.27. The number of carbonyl (C=O) groups excluding carboxylic acids is 3. The number of hydrogen-bond donors (Lipinski definition) is 2. The zero-order valence-electron chi connectivity index (χ0n) is 19.3. The van der Waals surface area contributed by atoms with Crippen molar-refractivity contribution in [1.82, 2.24) is 20.5 Å². The molecule has 0 aromatic carbocycles. The van der Waals surface area contributed by atoms with Crippen molar-refractivity contribution in [1.29, 1.82) is 0 Å². The first kappa shape index (κ1) is 24.3. The molecule has 4 rings (SSSR count). The summed E-state index contributed by atoms with van der Waals surface area (Å²) in [6, 6.07) is 6.36. The molecule has 0 radical (unpaired) electrons. The second-order valence-electron chi connectivity index (χ2n) is 8.87. The van der Waals surface area contributed by atoms with Crippen molar-refractivity contribution in [2.45, 2.75) is 63.1 Å². The van der Waals surface area contributed by atoms with Crippen molar-refractivity contribution < 1.29 is 19.1 Å². The first-order valence-electron chi connectivity index (χ1n) is 12.0. The Kier molecular flexibility index (Phi) is 8.65. The summed E-state index contributed by atoms with van der Waals surface area (Å²) in [5, 5.41) is 7.70. The molecule has 2 fully saturated rings. The highest BCUT2D eigenvalue weighted by Gasteiger charge is 2.35. The number of carbonyl (C=O) groups is 3. The zero-order chi connectivity index (χ0) is 23.8. The van der Waals surface area contributed by atoms with Gasteiger partial charge in [0.2, 0.25) is 11.8 Å². The monoisotopic (exact) mass is 484 g/mol. The van der Waals surface area contributed by atoms with Crippen LogP contribution in [-0.2, 0) is 14.3 Å². The van der Waals surface area contributed by atoms with E-state index in [0.29, 0.717) is 17.0 Å². The van der Waals surface area contributed by atoms with Gasteiger partial charge in [0, 0.05) is 37.2 Å². The number of amides is 3. The van der Waals surface area contributed by atoms with Gasteiger partial charge in [0.25, 0.3) is 5.91 Å². The molecule has 34 heavy (non-hydrogen) atoms. The number of rotatable bonds is 9. The SMILES string of the molecule is O=C(NCC(=O)N(C[C@H]1CCCO1)[C@H](C(=O)NC1CCCCC1)c1cccnc1)c1cccs1. The number of ether oxygens (including phenoxy) is 1. The highest BCUT2D eigenvalue weighted by molar-refractivity contribution is 7.12. The topological polar surface area (TPSA) is 101 Å². The summed E-state index contributed by atoms with van der Waals surface area (Å²) < 4.78 is 5.81. The van der Waals surface area contributed by atoms with Gasteiger partial charge in [0.15, 0.2) is 0 Å². The Labute approximate surface area is 204 Å². The molecule has 0 spiro atoms. The molecule has 1 saturated heterocycles. The fourth-order valence-corrected chi connectivity index (χ4v) is 5.29. The average Bonchev–Trinajstić information content (AvgIpc) is 3.58. The highest BCUT2D eigenvalue weighted by atomic mass is 32.1. The average molecular weight is 485 g/mol. The molecule has 0 unspecified atom stereocenters. The van der Waals surface area contributed by atoms with Gasteiger partial charge < -0.3 is 20.3 Å². The van der Waals surface area contributed by atoms with E-state index in [2.05, 4.69) is 15.6 Å². The lowest BCUT2D eigenvalue weighted by Gasteiger charge is -2.34. The van der Waals surface area contributed by atoms with E-state index in [0.717, 1.165) is 38.5 Å². The molecule has 1 aliphatic heterocycles. The van der Waals surface area contributed by atoms with Crippen LogP contribution in [0.15, 0.2) is 42.0 Å². The Balaban J connectivity index is 1.55. The Morgan fingerprint density at radius 3 is 2.65 bits per heavy atom. The van der Waals surface area contributed by atoms with E-state index >= 15 is 0 Å². The standard InChI is InChI=1S/C25H32N4O4S/c30-22(16-27-24(31)21-11-6-14-34-21)29(17-20-10-5-13-33-20)23(18-7-4-12-26-15-18)25(32)28-19-8-2-1-3-9-19/h4,6-7,11-12,14-15,19-20,23H,1-3,5,8-10,13,16-17H2,(H,27,31)(H,28,32)/t20-,23+/m1/s1. The lowest BCUT2D eigenvalue weighted by atomic mass is 9.94. The van der Waals surface area contributed by atoms with Crippen molar-refractivity contribution >= 4 is 29.1 Å². The van der Waals surface area contributed by atoms with Crippen LogP contribution in [0.25, 0.3) is 0 Å². The summed E-state index contributed by atoms with van der Waals surface area (Å²) in [6.07, 6.45) is 10.2. The van der Waals surface area contributed by atoms with Gasteiger partial charge in [-0.2, -0.15) is 0 Å². The Hall–Kier alpha value is -2.78. The summed E-state index contributed by atoms with van der Waals surface area (Å²) >= 11 is 1.32. The van der Waals surface area contributed by atoms with Gasteiger partial charge in [-0.25, -0.2) is 0 Å². The zero-order valence-corrected chi connectivity index (χ0v) is 20.1. The molecule has 2 N–H and O–H groups in total. The van der Waals surface area contributed by atoms with E-state index in [9.17, 15) is 14.4 Å². The van der Waals surface area contributed by atoms with Crippen LogP contribution >= 0.6 is 11.3 Å². The lowest BCUT2D eigenvalue weighted by Crippen LogP contribution is -2.51. The van der Waals surface area contributed by atoms with Gasteiger partial charge in [-0.15, -0.1) is 11.3 Å². The predicted octanol–water partition coefficient (Wildman–Crippen LogP) is 3.07. The summed E-state index contributed by atoms with van der Waals surface area (Å²) in [4.78, 5) is 45.8. The molecule has 2 atom stereocenters. The number of aromatic nitrogens is 1. The van der Waals surface area contributed by atoms with Crippen LogP contribution in [-0.4, -0.2) is 59.4 Å². The number of thiophene rings is 1. The molecule has 1 saturated carbocycles. The maximum absolute atomic E-state index is 13.6. The van der Waals surface area contributed by atoms with E-state index in [1.54, 1.807) is 35.5 Å². The molecule has 3 heterocycles. The van der Waals surface area contributed by atoms with Gasteiger partial charge >= 0.3 is 0 Å². The van der Waals surface area contributed by atoms with Crippen molar-refractivity contribution in [2.24, 2.45) is 0 Å². The molecular formula is C25H32N4O4S. The molecule has 182 valence electrons. The summed E-state index contributed by atoms with van der Waals surface area (Å²) in [6.45, 7) is 0.732. The Morgan fingerprint density at radius 1 is 1.12 bits per heavy atom. The summed E-state index contributed by atoms with van der Waals surface area (Å²) in [5.74, 6) is -0.839. The Morgan fingerprint density at radius 2 is 1.97 bits per heavy atom. The van der Waals surface area contributed by atoms with Crippen LogP contribution in [0, 0.1) is 0 Å². The van der Waals surface area contributed by atoms with Crippen molar-refractivity contribution in [2.75, 3.05) is 19.7 Å². The largest absolute Gasteiger partial charge is 0.376 e. The normalized spacial score (nSPS) is 19.4. The molecule has 2 aromatic rings. The van der Waals surface area contributed by atoms with Gasteiger partial charge in [-0.05, 0) is 43.2 Å². The number of nitrogens with one attached hydrogen (secondary N) is 2. The maximum atomic E-state index is 13.6. The highest BCUT2D eigenvalue weighted by Crippen LogP contribution is 2.26. The van der Waals surface area contributed by atoms with E-state index in [4.69, 9.17) is 4.74 Å². The second-order valence-corrected chi connectivity index (χ2v) is 9.82. The van der Waals surface area contributed by atoms with Crippen molar-refractivity contribution in [3.63, 3.8) is 0 Å². The lowest BCUT2D eigenvalue weighted by molar-refractivity contribution is -0.142. The smallest absolute Gasteiger partial charge is 0.261 e. The molecule has 2 aliphatic rings. The summed E-state index contributed by atoms with van der Waals surface area (Å²) in [5.41, 5.74) is 0.645. The number of nitrogens with zero attached hydrogens (tertiary/aromatic N) is 2. The quantitative estimate of drug-likeness (QED) is 0.570. The number of pyridine rings is 1. The van der Waals surface area contributed by atoms with Crippen molar-refractivity contribution in [3.8, 4) is 0 Å². The first-order chi connectivity index (χ1) is 16.6. The third-order valence-electron chi connectivity index (χ3n) is 6.40. The van der Waals surface area contributed by atoms with Gasteiger partial charge in [0.05, 0.1) is 17.5 Å². The fraction of sp³-hybridized carbons (Fsp3) is 0.520. The van der Waals surface area contributed by atoms with Crippen LogP contribution in [0.5, 0.6) is 0 Å². The minimum Gasteiger partial charge on any atom is -0.376 e. The van der Waals surface area contributed by atoms with E-state index in [-0.39, 0.29) is 43.0 Å². The molecule has 1 aliphatic carbocycles. The third kappa shape index (κ3) is 6.42.